The Kier molecular flexibility index (Phi) is 4.78. The maximum atomic E-state index is 6.55. The molecule has 0 fully saturated rings. The van der Waals surface area contributed by atoms with Crippen LogP contribution in [-0.4, -0.2) is 0 Å². The highest BCUT2D eigenvalue weighted by Gasteiger charge is 2.51. The molecule has 0 amide bonds. The van der Waals surface area contributed by atoms with Crippen molar-refractivity contribution < 1.29 is 4.74 Å². The van der Waals surface area contributed by atoms with E-state index >= 15 is 0 Å². The van der Waals surface area contributed by atoms with Gasteiger partial charge in [-0.25, -0.2) is 0 Å². The molecule has 1 spiro atoms. The molecule has 7 aromatic rings. The van der Waals surface area contributed by atoms with Crippen molar-refractivity contribution in [3.8, 4) is 44.9 Å². The average Bonchev–Trinajstić information content (AvgIpc) is 3.53. The molecule has 1 heteroatoms. The second-order valence-corrected chi connectivity index (χ2v) is 13.3. The lowest BCUT2D eigenvalue weighted by Crippen LogP contribution is -2.26. The van der Waals surface area contributed by atoms with Crippen LogP contribution < -0.4 is 4.74 Å². The number of ether oxygens (including phenoxy) is 1. The van der Waals surface area contributed by atoms with Crippen molar-refractivity contribution in [3.63, 3.8) is 0 Å². The second-order valence-electron chi connectivity index (χ2n) is 13.3. The van der Waals surface area contributed by atoms with Gasteiger partial charge in [-0.15, -0.1) is 0 Å². The Hall–Kier alpha value is -5.40. The van der Waals surface area contributed by atoms with Crippen molar-refractivity contribution in [2.45, 2.75) is 24.7 Å². The fourth-order valence-electron chi connectivity index (χ4n) is 8.64. The second kappa shape index (κ2) is 8.61. The van der Waals surface area contributed by atoms with Crippen LogP contribution >= 0.6 is 0 Å². The van der Waals surface area contributed by atoms with Gasteiger partial charge in [0.15, 0.2) is 0 Å². The summed E-state index contributed by atoms with van der Waals surface area (Å²) in [6, 6.07) is 54.0. The number of para-hydroxylation sites is 1. The highest BCUT2D eigenvalue weighted by Crippen LogP contribution is 2.63. The molecule has 0 unspecified atom stereocenters. The fraction of sp³-hybridized carbons (Fsp3) is 0.0909. The Morgan fingerprint density at radius 1 is 0.378 bits per heavy atom. The van der Waals surface area contributed by atoms with Gasteiger partial charge in [-0.2, -0.15) is 0 Å². The topological polar surface area (TPSA) is 9.23 Å². The quantitative estimate of drug-likeness (QED) is 0.189. The maximum absolute atomic E-state index is 6.55. The summed E-state index contributed by atoms with van der Waals surface area (Å²) < 4.78 is 6.55. The molecule has 0 aromatic heterocycles. The lowest BCUT2D eigenvalue weighted by atomic mass is 9.70. The molecule has 1 heterocycles. The third-order valence-corrected chi connectivity index (χ3v) is 10.7. The monoisotopic (exact) mass is 574 g/mol. The van der Waals surface area contributed by atoms with E-state index in [-0.39, 0.29) is 10.8 Å². The largest absolute Gasteiger partial charge is 0.457 e. The van der Waals surface area contributed by atoms with Crippen molar-refractivity contribution in [2.24, 2.45) is 0 Å². The van der Waals surface area contributed by atoms with Gasteiger partial charge in [0, 0.05) is 16.5 Å². The molecule has 2 aliphatic carbocycles. The zero-order valence-corrected chi connectivity index (χ0v) is 25.3. The molecule has 7 aromatic carbocycles. The molecule has 0 radical (unpaired) electrons. The minimum atomic E-state index is -0.385. The van der Waals surface area contributed by atoms with Crippen molar-refractivity contribution >= 4 is 10.8 Å². The normalized spacial score (nSPS) is 15.4. The van der Waals surface area contributed by atoms with E-state index in [9.17, 15) is 0 Å². The van der Waals surface area contributed by atoms with Gasteiger partial charge in [0.05, 0.1) is 5.41 Å². The summed E-state index contributed by atoms with van der Waals surface area (Å²) >= 11 is 0. The predicted molar refractivity (Wildman–Crippen MR) is 184 cm³/mol. The van der Waals surface area contributed by atoms with Gasteiger partial charge < -0.3 is 4.74 Å². The summed E-state index contributed by atoms with van der Waals surface area (Å²) in [7, 11) is 0. The number of benzene rings is 7. The first-order valence-electron chi connectivity index (χ1n) is 15.8. The summed E-state index contributed by atoms with van der Waals surface area (Å²) in [6.45, 7) is 4.59. The zero-order chi connectivity index (χ0) is 29.9. The maximum Gasteiger partial charge on any atom is 0.132 e. The van der Waals surface area contributed by atoms with E-state index in [4.69, 9.17) is 4.74 Å². The summed E-state index contributed by atoms with van der Waals surface area (Å²) in [6.07, 6.45) is 0. The van der Waals surface area contributed by atoms with Gasteiger partial charge >= 0.3 is 0 Å². The van der Waals surface area contributed by atoms with E-state index in [0.717, 1.165) is 11.5 Å². The van der Waals surface area contributed by atoms with E-state index < -0.39 is 0 Å². The summed E-state index contributed by atoms with van der Waals surface area (Å²) in [5.41, 5.74) is 15.1. The molecule has 10 rings (SSSR count). The van der Waals surface area contributed by atoms with Crippen LogP contribution in [0.25, 0.3) is 44.2 Å². The van der Waals surface area contributed by atoms with Gasteiger partial charge in [-0.1, -0.05) is 129 Å². The molecule has 3 aliphatic rings. The molecule has 212 valence electrons. The smallest absolute Gasteiger partial charge is 0.132 e. The van der Waals surface area contributed by atoms with Gasteiger partial charge in [-0.05, 0) is 96.7 Å². The van der Waals surface area contributed by atoms with Crippen molar-refractivity contribution in [3.05, 3.63) is 179 Å². The standard InChI is InChI=1S/C44H30O/c1-43(2)37-17-9-10-18-41(37)45-42-26-30(20-22-38(42)43)29-19-21-33-34-23-27-11-3-4-12-28(27)24-40(34)44(39(33)25-29)35-15-7-5-13-31(35)32-14-6-8-16-36(32)44/h3-26H,1-2H3. The van der Waals surface area contributed by atoms with Crippen LogP contribution in [-0.2, 0) is 10.8 Å². The average molecular weight is 575 g/mol. The first kappa shape index (κ1) is 25.0. The predicted octanol–water partition coefficient (Wildman–Crippen LogP) is 11.3. The van der Waals surface area contributed by atoms with Gasteiger partial charge in [0.25, 0.3) is 0 Å². The van der Waals surface area contributed by atoms with Crippen LogP contribution in [0.3, 0.4) is 0 Å². The Balaban J connectivity index is 1.24. The van der Waals surface area contributed by atoms with Gasteiger partial charge in [0.1, 0.15) is 11.5 Å². The molecule has 0 saturated heterocycles. The molecular formula is C44H30O. The van der Waals surface area contributed by atoms with Crippen LogP contribution in [0.5, 0.6) is 11.5 Å². The molecule has 0 N–H and O–H groups in total. The van der Waals surface area contributed by atoms with E-state index in [1.807, 2.05) is 0 Å². The number of hydrogen-bond acceptors (Lipinski definition) is 1. The third-order valence-electron chi connectivity index (χ3n) is 10.7. The molecule has 0 saturated carbocycles. The summed E-state index contributed by atoms with van der Waals surface area (Å²) in [5.74, 6) is 1.89. The highest BCUT2D eigenvalue weighted by atomic mass is 16.5. The zero-order valence-electron chi connectivity index (χ0n) is 25.3. The molecule has 0 atom stereocenters. The molecule has 45 heavy (non-hydrogen) atoms. The van der Waals surface area contributed by atoms with Gasteiger partial charge in [0.2, 0.25) is 0 Å². The molecule has 1 aliphatic heterocycles. The number of rotatable bonds is 1. The number of hydrogen-bond donors (Lipinski definition) is 0. The van der Waals surface area contributed by atoms with Crippen LogP contribution in [0, 0.1) is 0 Å². The van der Waals surface area contributed by atoms with Crippen molar-refractivity contribution in [1.82, 2.24) is 0 Å². The third kappa shape index (κ3) is 3.13. The van der Waals surface area contributed by atoms with E-state index in [1.54, 1.807) is 0 Å². The molecular weight excluding hydrogens is 544 g/mol. The summed E-state index contributed by atoms with van der Waals surface area (Å²) in [5, 5.41) is 2.55. The lowest BCUT2D eigenvalue weighted by molar-refractivity contribution is 0.418. The fourth-order valence-corrected chi connectivity index (χ4v) is 8.64. The van der Waals surface area contributed by atoms with Crippen LogP contribution in [0.15, 0.2) is 146 Å². The Labute approximate surface area is 263 Å². The van der Waals surface area contributed by atoms with E-state index in [2.05, 4.69) is 159 Å². The Bertz CT molecular complexity index is 2340. The van der Waals surface area contributed by atoms with E-state index in [0.29, 0.717) is 0 Å². The SMILES string of the molecule is CC1(C)c2ccccc2Oc2cc(-c3ccc4c(c3)C3(c5ccccc5-c5ccccc53)c3cc5ccccc5cc3-4)ccc21. The van der Waals surface area contributed by atoms with Crippen molar-refractivity contribution in [1.29, 1.82) is 0 Å². The van der Waals surface area contributed by atoms with Gasteiger partial charge in [-0.3, -0.25) is 0 Å². The van der Waals surface area contributed by atoms with Crippen LogP contribution in [0.4, 0.5) is 0 Å². The lowest BCUT2D eigenvalue weighted by Gasteiger charge is -2.34. The molecule has 1 nitrogen and oxygen atoms in total. The first-order chi connectivity index (χ1) is 22.0. The molecule has 0 bridgehead atoms. The van der Waals surface area contributed by atoms with E-state index in [1.165, 1.54) is 77.5 Å². The minimum Gasteiger partial charge on any atom is -0.457 e. The highest BCUT2D eigenvalue weighted by molar-refractivity contribution is 6.00. The Morgan fingerprint density at radius 2 is 0.911 bits per heavy atom. The first-order valence-corrected chi connectivity index (χ1v) is 15.8. The minimum absolute atomic E-state index is 0.133. The summed E-state index contributed by atoms with van der Waals surface area (Å²) in [4.78, 5) is 0. The van der Waals surface area contributed by atoms with Crippen LogP contribution in [0.2, 0.25) is 0 Å². The number of fused-ring (bicyclic) bond motifs is 13. The van der Waals surface area contributed by atoms with Crippen LogP contribution in [0.1, 0.15) is 47.2 Å². The Morgan fingerprint density at radius 3 is 1.67 bits per heavy atom. The van der Waals surface area contributed by atoms with Crippen molar-refractivity contribution in [2.75, 3.05) is 0 Å².